The second kappa shape index (κ2) is 11.0. The van der Waals surface area contributed by atoms with Gasteiger partial charge in [0.25, 0.3) is 0 Å². The van der Waals surface area contributed by atoms with E-state index < -0.39 is 0 Å². The highest BCUT2D eigenvalue weighted by Crippen LogP contribution is 2.16. The second-order valence-electron chi connectivity index (χ2n) is 5.08. The average Bonchev–Trinajstić information content (AvgIpc) is 3.06. The van der Waals surface area contributed by atoms with Gasteiger partial charge in [0.05, 0.1) is 24.7 Å². The van der Waals surface area contributed by atoms with Crippen LogP contribution in [0.15, 0.2) is 41.4 Å². The predicted molar refractivity (Wildman–Crippen MR) is 112 cm³/mol. The molecular formula is C18H23IN4S. The summed E-state index contributed by atoms with van der Waals surface area (Å²) in [5.74, 6) is 0.809. The monoisotopic (exact) mass is 454 g/mol. The van der Waals surface area contributed by atoms with Crippen LogP contribution >= 0.6 is 35.3 Å². The molecule has 1 heterocycles. The van der Waals surface area contributed by atoms with Crippen molar-refractivity contribution in [2.45, 2.75) is 33.4 Å². The Morgan fingerprint density at radius 2 is 1.79 bits per heavy atom. The van der Waals surface area contributed by atoms with Crippen LogP contribution in [0.2, 0.25) is 0 Å². The number of thiophene rings is 1. The number of benzene rings is 1. The Balaban J connectivity index is 0.00000288. The minimum absolute atomic E-state index is 0. The Labute approximate surface area is 165 Å². The Bertz CT molecular complexity index is 686. The summed E-state index contributed by atoms with van der Waals surface area (Å²) in [5, 5.41) is 15.4. The molecule has 0 bridgehead atoms. The maximum absolute atomic E-state index is 8.82. The number of nitrogens with one attached hydrogen (secondary N) is 2. The van der Waals surface area contributed by atoms with E-state index in [0.29, 0.717) is 12.1 Å². The summed E-state index contributed by atoms with van der Waals surface area (Å²) >= 11 is 1.84. The van der Waals surface area contributed by atoms with Crippen molar-refractivity contribution in [2.24, 2.45) is 4.99 Å². The number of hydrogen-bond acceptors (Lipinski definition) is 3. The van der Waals surface area contributed by atoms with Crippen LogP contribution in [0.25, 0.3) is 0 Å². The lowest BCUT2D eigenvalue weighted by atomic mass is 10.1. The Morgan fingerprint density at radius 3 is 2.38 bits per heavy atom. The first-order valence-electron chi connectivity index (χ1n) is 7.84. The molecule has 6 heteroatoms. The molecule has 0 saturated heterocycles. The third kappa shape index (κ3) is 6.49. The number of nitrogens with zero attached hydrogens (tertiary/aromatic N) is 2. The third-order valence-electron chi connectivity index (χ3n) is 3.34. The molecule has 1 aromatic carbocycles. The molecule has 0 aliphatic heterocycles. The lowest BCUT2D eigenvalue weighted by Crippen LogP contribution is -2.36. The van der Waals surface area contributed by atoms with Crippen LogP contribution in [-0.4, -0.2) is 12.5 Å². The predicted octanol–water partition coefficient (Wildman–Crippen LogP) is 4.06. The molecule has 0 amide bonds. The van der Waals surface area contributed by atoms with E-state index in [1.165, 1.54) is 9.75 Å². The zero-order valence-electron chi connectivity index (χ0n) is 14.0. The maximum Gasteiger partial charge on any atom is 0.191 e. The van der Waals surface area contributed by atoms with E-state index in [0.717, 1.165) is 31.0 Å². The molecule has 24 heavy (non-hydrogen) atoms. The Morgan fingerprint density at radius 1 is 1.08 bits per heavy atom. The average molecular weight is 454 g/mol. The summed E-state index contributed by atoms with van der Waals surface area (Å²) in [6, 6.07) is 14.0. The molecule has 0 fully saturated rings. The van der Waals surface area contributed by atoms with Gasteiger partial charge < -0.3 is 10.6 Å². The summed E-state index contributed by atoms with van der Waals surface area (Å²) in [5.41, 5.74) is 1.76. The van der Waals surface area contributed by atoms with Gasteiger partial charge in [-0.25, -0.2) is 4.99 Å². The summed E-state index contributed by atoms with van der Waals surface area (Å²) in [6.45, 7) is 6.42. The number of hydrogen-bond donors (Lipinski definition) is 2. The number of nitriles is 1. The van der Waals surface area contributed by atoms with Crippen molar-refractivity contribution < 1.29 is 0 Å². The topological polar surface area (TPSA) is 60.2 Å². The molecule has 2 rings (SSSR count). The van der Waals surface area contributed by atoms with Gasteiger partial charge in [-0.1, -0.05) is 19.1 Å². The molecule has 0 atom stereocenters. The first-order chi connectivity index (χ1) is 11.2. The molecule has 128 valence electrons. The number of aliphatic imine (C=N–C) groups is 1. The fraction of sp³-hybridized carbons (Fsp3) is 0.333. The highest BCUT2D eigenvalue weighted by atomic mass is 127. The first kappa shape index (κ1) is 20.5. The zero-order valence-corrected chi connectivity index (χ0v) is 17.2. The summed E-state index contributed by atoms with van der Waals surface area (Å²) in [4.78, 5) is 7.31. The van der Waals surface area contributed by atoms with Crippen molar-refractivity contribution >= 4 is 41.3 Å². The maximum atomic E-state index is 8.82. The molecule has 0 spiro atoms. The fourth-order valence-electron chi connectivity index (χ4n) is 2.07. The molecule has 0 aliphatic rings. The van der Waals surface area contributed by atoms with Gasteiger partial charge in [-0.2, -0.15) is 5.26 Å². The van der Waals surface area contributed by atoms with Gasteiger partial charge in [-0.3, -0.25) is 0 Å². The smallest absolute Gasteiger partial charge is 0.191 e. The van der Waals surface area contributed by atoms with E-state index in [-0.39, 0.29) is 24.0 Å². The van der Waals surface area contributed by atoms with Gasteiger partial charge in [0, 0.05) is 16.3 Å². The number of rotatable bonds is 6. The fourth-order valence-corrected chi connectivity index (χ4v) is 2.97. The van der Waals surface area contributed by atoms with Crippen LogP contribution in [0, 0.1) is 11.3 Å². The minimum Gasteiger partial charge on any atom is -0.357 e. The molecule has 2 aromatic rings. The van der Waals surface area contributed by atoms with Gasteiger partial charge in [-0.05, 0) is 43.2 Å². The molecular weight excluding hydrogens is 431 g/mol. The van der Waals surface area contributed by atoms with Crippen molar-refractivity contribution in [1.82, 2.24) is 10.6 Å². The van der Waals surface area contributed by atoms with Crippen molar-refractivity contribution in [3.8, 4) is 6.07 Å². The quantitative estimate of drug-likeness (QED) is 0.393. The third-order valence-corrected chi connectivity index (χ3v) is 4.57. The largest absolute Gasteiger partial charge is 0.357 e. The van der Waals surface area contributed by atoms with Gasteiger partial charge in [0.2, 0.25) is 0 Å². The number of guanidine groups is 1. The molecule has 0 unspecified atom stereocenters. The van der Waals surface area contributed by atoms with Crippen molar-refractivity contribution in [1.29, 1.82) is 5.26 Å². The highest BCUT2D eigenvalue weighted by molar-refractivity contribution is 14.0. The van der Waals surface area contributed by atoms with Gasteiger partial charge in [0.15, 0.2) is 5.96 Å². The van der Waals surface area contributed by atoms with E-state index in [2.05, 4.69) is 47.7 Å². The Hall–Kier alpha value is -1.59. The van der Waals surface area contributed by atoms with Gasteiger partial charge in [0.1, 0.15) is 0 Å². The normalized spacial score (nSPS) is 10.6. The van der Waals surface area contributed by atoms with E-state index >= 15 is 0 Å². The highest BCUT2D eigenvalue weighted by Gasteiger charge is 2.01. The van der Waals surface area contributed by atoms with Crippen molar-refractivity contribution in [2.75, 3.05) is 6.54 Å². The lowest BCUT2D eigenvalue weighted by Gasteiger charge is -2.10. The zero-order chi connectivity index (χ0) is 16.5. The summed E-state index contributed by atoms with van der Waals surface area (Å²) in [6.07, 6.45) is 1.08. The van der Waals surface area contributed by atoms with Crippen molar-refractivity contribution in [3.63, 3.8) is 0 Å². The summed E-state index contributed by atoms with van der Waals surface area (Å²) < 4.78 is 0. The van der Waals surface area contributed by atoms with E-state index in [1.807, 2.05) is 35.6 Å². The SMILES string of the molecule is CCNC(=NCc1ccc(C#N)cc1)NCc1ccc(CC)s1.I. The van der Waals surface area contributed by atoms with Crippen LogP contribution in [0.5, 0.6) is 0 Å². The van der Waals surface area contributed by atoms with E-state index in [9.17, 15) is 0 Å². The van der Waals surface area contributed by atoms with E-state index in [4.69, 9.17) is 5.26 Å². The number of aryl methyl sites for hydroxylation is 1. The molecule has 4 nitrogen and oxygen atoms in total. The minimum atomic E-state index is 0. The lowest BCUT2D eigenvalue weighted by molar-refractivity contribution is 0.823. The van der Waals surface area contributed by atoms with Crippen LogP contribution in [0.1, 0.15) is 34.7 Å². The molecule has 0 saturated carbocycles. The number of halogens is 1. The standard InChI is InChI=1S/C18H22N4S.HI/c1-3-16-9-10-17(23-16)13-22-18(20-4-2)21-12-15-7-5-14(11-19)6-8-15;/h5-10H,3-4,12-13H2,1-2H3,(H2,20,21,22);1H. The van der Waals surface area contributed by atoms with Crippen LogP contribution in [-0.2, 0) is 19.5 Å². The second-order valence-corrected chi connectivity index (χ2v) is 6.33. The van der Waals surface area contributed by atoms with Crippen LogP contribution in [0.3, 0.4) is 0 Å². The molecule has 0 radical (unpaired) electrons. The molecule has 0 aliphatic carbocycles. The van der Waals surface area contributed by atoms with Crippen LogP contribution in [0.4, 0.5) is 0 Å². The summed E-state index contributed by atoms with van der Waals surface area (Å²) in [7, 11) is 0. The molecule has 2 N–H and O–H groups in total. The van der Waals surface area contributed by atoms with Gasteiger partial charge in [-0.15, -0.1) is 35.3 Å². The molecule has 1 aromatic heterocycles. The Kier molecular flexibility index (Phi) is 9.42. The van der Waals surface area contributed by atoms with Gasteiger partial charge >= 0.3 is 0 Å². The van der Waals surface area contributed by atoms with Crippen molar-refractivity contribution in [3.05, 3.63) is 57.3 Å². The first-order valence-corrected chi connectivity index (χ1v) is 8.65. The van der Waals surface area contributed by atoms with Crippen LogP contribution < -0.4 is 10.6 Å². The van der Waals surface area contributed by atoms with E-state index in [1.54, 1.807) is 0 Å².